The van der Waals surface area contributed by atoms with Gasteiger partial charge >= 0.3 is 5.97 Å². The van der Waals surface area contributed by atoms with Gasteiger partial charge in [0, 0.05) is 70.5 Å². The average Bonchev–Trinajstić information content (AvgIpc) is 3.77. The molecule has 2 aliphatic rings. The first-order chi connectivity index (χ1) is 30.5. The first-order valence-corrected chi connectivity index (χ1v) is 21.8. The number of aromatic nitrogens is 1. The Morgan fingerprint density at radius 1 is 0.984 bits per heavy atom. The summed E-state index contributed by atoms with van der Waals surface area (Å²) >= 11 is 6.30. The molecule has 3 aromatic carbocycles. The van der Waals surface area contributed by atoms with E-state index >= 15 is 0 Å². The lowest BCUT2D eigenvalue weighted by Gasteiger charge is -2.34. The molecule has 338 valence electrons. The highest BCUT2D eigenvalue weighted by Gasteiger charge is 2.41. The summed E-state index contributed by atoms with van der Waals surface area (Å²) in [5.41, 5.74) is 1.45. The molecule has 6 rings (SSSR count). The number of carbonyl (C=O) groups excluding carboxylic acids is 6. The van der Waals surface area contributed by atoms with Gasteiger partial charge in [0.05, 0.1) is 6.61 Å². The number of unbranched alkanes of at least 4 members (excludes halogenated alkanes) is 6. The molecule has 1 aromatic heterocycles. The lowest BCUT2D eigenvalue weighted by atomic mass is 9.97. The van der Waals surface area contributed by atoms with Gasteiger partial charge in [0.2, 0.25) is 23.6 Å². The number of nitrogens with one attached hydrogen (secondary N) is 3. The maximum atomic E-state index is 14.6. The molecule has 2 unspecified atom stereocenters. The van der Waals surface area contributed by atoms with Crippen molar-refractivity contribution in [1.82, 2.24) is 25.4 Å². The van der Waals surface area contributed by atoms with E-state index in [1.165, 1.54) is 4.90 Å². The molecular weight excluding hydrogens is 851 g/mol. The predicted molar refractivity (Wildman–Crippen MR) is 233 cm³/mol. The van der Waals surface area contributed by atoms with Gasteiger partial charge < -0.3 is 24.8 Å². The summed E-state index contributed by atoms with van der Waals surface area (Å²) in [5.74, 6) is -1.29. The third-order valence-electron chi connectivity index (χ3n) is 11.1. The van der Waals surface area contributed by atoms with Gasteiger partial charge in [-0.3, -0.25) is 29.3 Å². The molecule has 64 heavy (non-hydrogen) atoms. The van der Waals surface area contributed by atoms with Crippen LogP contribution in [0.2, 0.25) is 5.02 Å². The van der Waals surface area contributed by atoms with Crippen molar-refractivity contribution in [3.05, 3.63) is 105 Å². The fraction of sp³-hybridized carbons (Fsp3) is 0.417. The second kappa shape index (κ2) is 20.6. The van der Waals surface area contributed by atoms with E-state index in [0.29, 0.717) is 40.8 Å². The van der Waals surface area contributed by atoms with E-state index in [2.05, 4.69) is 27.5 Å². The van der Waals surface area contributed by atoms with Crippen LogP contribution in [0, 0.1) is 29.3 Å². The second-order valence-electron chi connectivity index (χ2n) is 17.0. The highest BCUT2D eigenvalue weighted by Crippen LogP contribution is 2.36. The van der Waals surface area contributed by atoms with Gasteiger partial charge in [-0.1, -0.05) is 61.3 Å². The Balaban J connectivity index is 1.12. The number of esters is 1. The van der Waals surface area contributed by atoms with Gasteiger partial charge in [0.15, 0.2) is 17.5 Å². The fourth-order valence-corrected chi connectivity index (χ4v) is 8.30. The van der Waals surface area contributed by atoms with E-state index in [1.54, 1.807) is 58.0 Å². The number of imide groups is 1. The van der Waals surface area contributed by atoms with Gasteiger partial charge in [-0.2, -0.15) is 0 Å². The first-order valence-electron chi connectivity index (χ1n) is 21.5. The van der Waals surface area contributed by atoms with E-state index in [1.807, 2.05) is 6.07 Å². The number of piperidine rings is 1. The SMILES string of the molecule is CCOC(=O)c1[nH]c2cc(Cl)ccc2c1C(C(=O)NC(C)(C)C)N(Cc1cc(F)c(F)c(F)c1)C(=O)CCCCCCCCC#Cc1cccc2c1CN(C1CCC(=O)NC1=O)C2=O. The van der Waals surface area contributed by atoms with Gasteiger partial charge in [-0.05, 0) is 94.5 Å². The molecule has 0 saturated carbocycles. The van der Waals surface area contributed by atoms with Gasteiger partial charge in [-0.15, -0.1) is 0 Å². The number of aromatic amines is 1. The molecule has 12 nitrogen and oxygen atoms in total. The Morgan fingerprint density at radius 3 is 2.38 bits per heavy atom. The number of carbonyl (C=O) groups is 6. The third-order valence-corrected chi connectivity index (χ3v) is 11.3. The topological polar surface area (TPSA) is 158 Å². The van der Waals surface area contributed by atoms with Crippen molar-refractivity contribution in [2.75, 3.05) is 6.61 Å². The van der Waals surface area contributed by atoms with E-state index in [4.69, 9.17) is 16.3 Å². The largest absolute Gasteiger partial charge is 0.461 e. The molecule has 16 heteroatoms. The molecule has 1 saturated heterocycles. The van der Waals surface area contributed by atoms with Crippen LogP contribution in [0.5, 0.6) is 0 Å². The standard InChI is InChI=1S/C48H51ClF3N5O7/c1-5-64-47(63)42-40(32-20-19-30(49)25-36(32)53-42)43(45(61)55-48(2,3)4)57(26-28-23-34(50)41(52)35(51)24-28)39(59)18-13-11-9-7-6-8-10-12-15-29-16-14-17-31-33(29)27-56(46(31)62)37-21-22-38(58)54-44(37)60/h14,16-17,19-20,23-25,37,43,53H,5-11,13,18,21-22,26-27H2,1-4H3,(H,55,61)(H,54,58,60). The van der Waals surface area contributed by atoms with Crippen molar-refractivity contribution in [2.45, 2.75) is 123 Å². The molecule has 0 spiro atoms. The predicted octanol–water partition coefficient (Wildman–Crippen LogP) is 8.33. The molecule has 4 aromatic rings. The summed E-state index contributed by atoms with van der Waals surface area (Å²) in [6, 6.07) is 9.38. The van der Waals surface area contributed by atoms with E-state index in [9.17, 15) is 41.9 Å². The Hall–Kier alpha value is -6.14. The molecular formula is C48H51ClF3N5O7. The normalized spacial score (nSPS) is 15.3. The number of H-pyrrole nitrogens is 1. The van der Waals surface area contributed by atoms with Crippen LogP contribution in [-0.2, 0) is 37.0 Å². The Labute approximate surface area is 374 Å². The molecule has 0 aliphatic carbocycles. The maximum Gasteiger partial charge on any atom is 0.355 e. The minimum Gasteiger partial charge on any atom is -0.461 e. The number of rotatable bonds is 16. The average molecular weight is 902 g/mol. The number of ether oxygens (including phenoxy) is 1. The Morgan fingerprint density at radius 2 is 1.69 bits per heavy atom. The lowest BCUT2D eigenvalue weighted by molar-refractivity contribution is -0.142. The Bertz CT molecular complexity index is 2520. The minimum atomic E-state index is -1.68. The smallest absolute Gasteiger partial charge is 0.355 e. The minimum absolute atomic E-state index is 0.00450. The highest BCUT2D eigenvalue weighted by molar-refractivity contribution is 6.31. The Kier molecular flexibility index (Phi) is 15.2. The molecule has 2 atom stereocenters. The summed E-state index contributed by atoms with van der Waals surface area (Å²) in [5, 5.41) is 5.93. The first kappa shape index (κ1) is 47.3. The van der Waals surface area contributed by atoms with Crippen molar-refractivity contribution in [3.8, 4) is 11.8 Å². The van der Waals surface area contributed by atoms with E-state index in [0.717, 1.165) is 53.8 Å². The molecule has 3 heterocycles. The molecule has 1 fully saturated rings. The lowest BCUT2D eigenvalue weighted by Crippen LogP contribution is -2.52. The zero-order chi connectivity index (χ0) is 46.3. The van der Waals surface area contributed by atoms with Crippen molar-refractivity contribution in [2.24, 2.45) is 0 Å². The summed E-state index contributed by atoms with van der Waals surface area (Å²) in [7, 11) is 0. The van der Waals surface area contributed by atoms with Gasteiger partial charge in [0.25, 0.3) is 5.91 Å². The van der Waals surface area contributed by atoms with Crippen LogP contribution in [0.1, 0.15) is 141 Å². The third kappa shape index (κ3) is 11.1. The molecule has 5 amide bonds. The number of amides is 5. The number of hydrogen-bond acceptors (Lipinski definition) is 7. The van der Waals surface area contributed by atoms with Crippen LogP contribution < -0.4 is 10.6 Å². The maximum absolute atomic E-state index is 14.6. The summed E-state index contributed by atoms with van der Waals surface area (Å²) < 4.78 is 48.6. The van der Waals surface area contributed by atoms with Crippen molar-refractivity contribution in [1.29, 1.82) is 0 Å². The monoisotopic (exact) mass is 901 g/mol. The van der Waals surface area contributed by atoms with Crippen LogP contribution in [0.25, 0.3) is 10.9 Å². The van der Waals surface area contributed by atoms with Crippen LogP contribution >= 0.6 is 11.6 Å². The van der Waals surface area contributed by atoms with E-state index in [-0.39, 0.29) is 61.0 Å². The van der Waals surface area contributed by atoms with Crippen LogP contribution in [0.15, 0.2) is 48.5 Å². The number of hydrogen-bond donors (Lipinski definition) is 3. The summed E-state index contributed by atoms with van der Waals surface area (Å²) in [4.78, 5) is 85.2. The van der Waals surface area contributed by atoms with Gasteiger partial charge in [0.1, 0.15) is 17.8 Å². The highest BCUT2D eigenvalue weighted by atomic mass is 35.5. The number of fused-ring (bicyclic) bond motifs is 2. The van der Waals surface area contributed by atoms with E-state index < -0.39 is 65.3 Å². The number of nitrogens with zero attached hydrogens (tertiary/aromatic N) is 2. The quantitative estimate of drug-likeness (QED) is 0.0336. The van der Waals surface area contributed by atoms with Crippen molar-refractivity contribution < 1.29 is 46.7 Å². The number of halogens is 4. The van der Waals surface area contributed by atoms with Crippen molar-refractivity contribution in [3.63, 3.8) is 0 Å². The summed E-state index contributed by atoms with van der Waals surface area (Å²) in [6.07, 6.45) is 5.38. The molecule has 0 radical (unpaired) electrons. The zero-order valence-corrected chi connectivity index (χ0v) is 37.0. The van der Waals surface area contributed by atoms with Gasteiger partial charge in [-0.25, -0.2) is 18.0 Å². The second-order valence-corrected chi connectivity index (χ2v) is 17.5. The molecule has 2 aliphatic heterocycles. The molecule has 3 N–H and O–H groups in total. The summed E-state index contributed by atoms with van der Waals surface area (Å²) in [6.45, 7) is 6.59. The number of benzene rings is 3. The fourth-order valence-electron chi connectivity index (χ4n) is 8.13. The van der Waals surface area contributed by atoms with Crippen LogP contribution in [0.3, 0.4) is 0 Å². The molecule has 0 bridgehead atoms. The van der Waals surface area contributed by atoms with Crippen LogP contribution in [0.4, 0.5) is 13.2 Å². The zero-order valence-electron chi connectivity index (χ0n) is 36.2. The van der Waals surface area contributed by atoms with Crippen LogP contribution in [-0.4, -0.2) is 68.5 Å². The van der Waals surface area contributed by atoms with Crippen molar-refractivity contribution >= 4 is 58.0 Å².